The van der Waals surface area contributed by atoms with Crippen LogP contribution >= 0.6 is 0 Å². The largest absolute Gasteiger partial charge is 0.507 e. The molecule has 0 bridgehead atoms. The molecule has 2 saturated carbocycles. The van der Waals surface area contributed by atoms with E-state index in [1.54, 1.807) is 33.8 Å². The molecule has 8 nitrogen and oxygen atoms in total. The third-order valence-corrected chi connectivity index (χ3v) is 11.0. The Labute approximate surface area is 241 Å². The lowest BCUT2D eigenvalue weighted by Gasteiger charge is -2.67. The molecule has 0 heterocycles. The highest BCUT2D eigenvalue weighted by Gasteiger charge is 2.80. The summed E-state index contributed by atoms with van der Waals surface area (Å²) >= 11 is 0. The molecule has 3 aliphatic rings. The second-order valence-corrected chi connectivity index (χ2v) is 13.5. The van der Waals surface area contributed by atoms with Gasteiger partial charge in [0.25, 0.3) is 0 Å². The number of aromatic hydroxyl groups is 1. The predicted octanol–water partition coefficient (Wildman–Crippen LogP) is 4.37. The van der Waals surface area contributed by atoms with Gasteiger partial charge in [-0.05, 0) is 53.2 Å². The number of fused-ring (bicyclic) bond motifs is 3. The van der Waals surface area contributed by atoms with Crippen LogP contribution in [0.5, 0.6) is 5.75 Å². The van der Waals surface area contributed by atoms with Crippen molar-refractivity contribution >= 4 is 34.7 Å². The first-order chi connectivity index (χ1) is 18.9. The summed E-state index contributed by atoms with van der Waals surface area (Å²) in [6, 6.07) is 3.17. The summed E-state index contributed by atoms with van der Waals surface area (Å²) in [7, 11) is 0. The summed E-state index contributed by atoms with van der Waals surface area (Å²) in [5.74, 6) is -11.6. The maximum absolute atomic E-state index is 14.7. The molecule has 0 aromatic heterocycles. The molecular weight excluding hydrogens is 524 g/mol. The van der Waals surface area contributed by atoms with Gasteiger partial charge in [-0.25, -0.2) is 0 Å². The number of Topliss-reactive ketones (excluding diaryl/α,β-unsaturated/α-hetero) is 6. The molecule has 222 valence electrons. The number of benzene rings is 1. The highest BCUT2D eigenvalue weighted by Crippen LogP contribution is 2.70. The Morgan fingerprint density at radius 2 is 1.59 bits per heavy atom. The monoisotopic (exact) mass is 566 g/mol. The van der Waals surface area contributed by atoms with Gasteiger partial charge in [-0.2, -0.15) is 0 Å². The minimum Gasteiger partial charge on any atom is -0.507 e. The van der Waals surface area contributed by atoms with E-state index in [2.05, 4.69) is 0 Å². The number of aliphatic hydroxyl groups is 1. The van der Waals surface area contributed by atoms with E-state index in [0.29, 0.717) is 5.56 Å². The highest BCUT2D eigenvalue weighted by molar-refractivity contribution is 6.32. The molecular formula is C33H42O8. The van der Waals surface area contributed by atoms with Crippen LogP contribution in [-0.4, -0.2) is 50.5 Å². The van der Waals surface area contributed by atoms with Gasteiger partial charge in [0.15, 0.2) is 28.7 Å². The Balaban J connectivity index is 2.18. The molecule has 1 aromatic carbocycles. The molecule has 3 aliphatic carbocycles. The topological polar surface area (TPSA) is 143 Å². The molecule has 1 aromatic rings. The van der Waals surface area contributed by atoms with Crippen LogP contribution in [0.1, 0.15) is 108 Å². The fourth-order valence-electron chi connectivity index (χ4n) is 8.97. The second kappa shape index (κ2) is 9.79. The molecule has 0 spiro atoms. The molecule has 0 radical (unpaired) electrons. The van der Waals surface area contributed by atoms with Crippen LogP contribution in [-0.2, 0) is 24.0 Å². The minimum atomic E-state index is -2.87. The molecule has 0 aliphatic heterocycles. The number of ketones is 6. The Kier molecular flexibility index (Phi) is 7.39. The van der Waals surface area contributed by atoms with Gasteiger partial charge in [0.05, 0.1) is 11.5 Å². The SMILES string of the molecule is CCC(=O)C[C@@H]1[C@]2(C)C(C(=O)c3c(O)ccc(C(C)C)c3[C@H]2C)C(=O)[C@@]2(O)C(=O)C(C(C)=O)C(=O)C(C(C)C)[C@@]12C. The van der Waals surface area contributed by atoms with Crippen LogP contribution in [0.3, 0.4) is 0 Å². The van der Waals surface area contributed by atoms with E-state index in [-0.39, 0.29) is 35.9 Å². The van der Waals surface area contributed by atoms with Crippen molar-refractivity contribution in [2.75, 3.05) is 0 Å². The Morgan fingerprint density at radius 3 is 2.07 bits per heavy atom. The second-order valence-electron chi connectivity index (χ2n) is 13.5. The van der Waals surface area contributed by atoms with Gasteiger partial charge in [0.2, 0.25) is 0 Å². The molecule has 2 fully saturated rings. The van der Waals surface area contributed by atoms with E-state index >= 15 is 0 Å². The number of hydrogen-bond donors (Lipinski definition) is 2. The standard InChI is InChI=1S/C33H42O8/c1-10-18(35)13-21-31(8)16(6)22-19(14(2)3)11-12-20(36)24(22)28(38)26(31)30(40)33(41)29(39)23(17(7)34)27(37)25(15(4)5)32(21,33)9/h11-12,14-16,21,23,25-26,36,41H,10,13H2,1-9H3/t16-,21-,23?,25?,26?,31-,32-,33+/m1/s1. The molecule has 0 saturated heterocycles. The average molecular weight is 567 g/mol. The van der Waals surface area contributed by atoms with Crippen molar-refractivity contribution in [3.8, 4) is 5.75 Å². The first kappa shape index (κ1) is 30.9. The summed E-state index contributed by atoms with van der Waals surface area (Å²) in [4.78, 5) is 83.1. The Hall–Kier alpha value is -3.00. The summed E-state index contributed by atoms with van der Waals surface area (Å²) in [6.45, 7) is 15.3. The molecule has 2 N–H and O–H groups in total. The van der Waals surface area contributed by atoms with Crippen LogP contribution in [0.25, 0.3) is 0 Å². The van der Waals surface area contributed by atoms with Crippen molar-refractivity contribution < 1.29 is 39.0 Å². The van der Waals surface area contributed by atoms with Crippen LogP contribution in [0.15, 0.2) is 12.1 Å². The van der Waals surface area contributed by atoms with E-state index < -0.39 is 80.9 Å². The van der Waals surface area contributed by atoms with E-state index in [1.165, 1.54) is 13.0 Å². The van der Waals surface area contributed by atoms with Gasteiger partial charge in [-0.1, -0.05) is 61.5 Å². The third kappa shape index (κ3) is 3.68. The number of carbonyl (C=O) groups is 6. The van der Waals surface area contributed by atoms with Gasteiger partial charge in [0, 0.05) is 24.2 Å². The summed E-state index contributed by atoms with van der Waals surface area (Å²) < 4.78 is 0. The van der Waals surface area contributed by atoms with Crippen molar-refractivity contribution in [2.24, 2.45) is 40.4 Å². The predicted molar refractivity (Wildman–Crippen MR) is 151 cm³/mol. The zero-order chi connectivity index (χ0) is 31.1. The first-order valence-corrected chi connectivity index (χ1v) is 14.6. The van der Waals surface area contributed by atoms with E-state index in [4.69, 9.17) is 0 Å². The highest BCUT2D eigenvalue weighted by atomic mass is 16.3. The average Bonchev–Trinajstić information content (AvgIpc) is 2.87. The van der Waals surface area contributed by atoms with Gasteiger partial charge in [-0.3, -0.25) is 28.8 Å². The Bertz CT molecular complexity index is 1390. The fourth-order valence-corrected chi connectivity index (χ4v) is 8.97. The zero-order valence-electron chi connectivity index (χ0n) is 25.5. The number of carbonyl (C=O) groups excluding carboxylic acids is 6. The fraction of sp³-hybridized carbons (Fsp3) is 0.636. The maximum Gasteiger partial charge on any atom is 0.190 e. The van der Waals surface area contributed by atoms with E-state index in [0.717, 1.165) is 12.5 Å². The van der Waals surface area contributed by atoms with Crippen LogP contribution in [0, 0.1) is 40.4 Å². The maximum atomic E-state index is 14.7. The number of rotatable bonds is 6. The lowest BCUT2D eigenvalue weighted by molar-refractivity contribution is -0.225. The van der Waals surface area contributed by atoms with Crippen molar-refractivity contribution in [2.45, 2.75) is 92.6 Å². The molecule has 41 heavy (non-hydrogen) atoms. The third-order valence-electron chi connectivity index (χ3n) is 11.0. The first-order valence-electron chi connectivity index (χ1n) is 14.6. The molecule has 8 heteroatoms. The van der Waals surface area contributed by atoms with E-state index in [1.807, 2.05) is 20.8 Å². The van der Waals surface area contributed by atoms with Crippen LogP contribution in [0.2, 0.25) is 0 Å². The number of phenols is 1. The molecule has 8 atom stereocenters. The normalized spacial score (nSPS) is 36.7. The van der Waals surface area contributed by atoms with Crippen molar-refractivity contribution in [3.05, 3.63) is 28.8 Å². The van der Waals surface area contributed by atoms with Gasteiger partial charge in [-0.15, -0.1) is 0 Å². The zero-order valence-corrected chi connectivity index (χ0v) is 25.5. The van der Waals surface area contributed by atoms with Gasteiger partial charge >= 0.3 is 0 Å². The minimum absolute atomic E-state index is 0.0184. The Morgan fingerprint density at radius 1 is 1.00 bits per heavy atom. The molecule has 4 rings (SSSR count). The number of hydrogen-bond acceptors (Lipinski definition) is 8. The van der Waals surface area contributed by atoms with Crippen molar-refractivity contribution in [1.82, 2.24) is 0 Å². The lowest BCUT2D eigenvalue weighted by atomic mass is 9.34. The van der Waals surface area contributed by atoms with Crippen LogP contribution in [0.4, 0.5) is 0 Å². The summed E-state index contributed by atoms with van der Waals surface area (Å²) in [6.07, 6.45) is -0.0339. The van der Waals surface area contributed by atoms with Gasteiger partial charge < -0.3 is 10.2 Å². The molecule has 0 amide bonds. The molecule has 3 unspecified atom stereocenters. The van der Waals surface area contributed by atoms with Crippen LogP contribution < -0.4 is 0 Å². The van der Waals surface area contributed by atoms with Crippen molar-refractivity contribution in [3.63, 3.8) is 0 Å². The van der Waals surface area contributed by atoms with Crippen molar-refractivity contribution in [1.29, 1.82) is 0 Å². The summed E-state index contributed by atoms with van der Waals surface area (Å²) in [5, 5.41) is 23.4. The smallest absolute Gasteiger partial charge is 0.190 e. The van der Waals surface area contributed by atoms with E-state index in [9.17, 15) is 39.0 Å². The lowest BCUT2D eigenvalue weighted by Crippen LogP contribution is -2.80. The quantitative estimate of drug-likeness (QED) is 0.483. The summed E-state index contributed by atoms with van der Waals surface area (Å²) in [5.41, 5.74) is -4.58. The number of phenolic OH excluding ortho intramolecular Hbond substituents is 1. The van der Waals surface area contributed by atoms with Gasteiger partial charge in [0.1, 0.15) is 23.2 Å².